The van der Waals surface area contributed by atoms with Gasteiger partial charge >= 0.3 is 0 Å². The molecule has 0 aliphatic rings. The van der Waals surface area contributed by atoms with Crippen LogP contribution in [-0.2, 0) is 11.3 Å². The van der Waals surface area contributed by atoms with Gasteiger partial charge in [0.1, 0.15) is 0 Å². The van der Waals surface area contributed by atoms with E-state index in [4.69, 9.17) is 27.9 Å². The molecular weight excluding hydrogens is 325 g/mol. The molecule has 0 bridgehead atoms. The third-order valence-electron chi connectivity index (χ3n) is 2.41. The average molecular weight is 341 g/mol. The zero-order chi connectivity index (χ0) is 12.7. The van der Waals surface area contributed by atoms with Gasteiger partial charge in [-0.25, -0.2) is 0 Å². The number of benzene rings is 1. The summed E-state index contributed by atoms with van der Waals surface area (Å²) in [4.78, 5) is 2.27. The molecule has 0 heterocycles. The van der Waals surface area contributed by atoms with Crippen LogP contribution in [0.15, 0.2) is 18.2 Å². The number of hydrogen-bond acceptors (Lipinski definition) is 2. The zero-order valence-electron chi connectivity index (χ0n) is 9.76. The number of nitrogens with zero attached hydrogens (tertiary/aromatic N) is 1. The lowest BCUT2D eigenvalue weighted by molar-refractivity contribution is 0.148. The highest BCUT2D eigenvalue weighted by Gasteiger charge is 2.08. The summed E-state index contributed by atoms with van der Waals surface area (Å²) in [5.74, 6) is 0. The first kappa shape index (κ1) is 15.3. The summed E-state index contributed by atoms with van der Waals surface area (Å²) in [6.07, 6.45) is 0. The van der Waals surface area contributed by atoms with Crippen LogP contribution in [0.2, 0.25) is 10.0 Å². The molecule has 0 aromatic heterocycles. The van der Waals surface area contributed by atoms with E-state index in [1.165, 1.54) is 0 Å². The Morgan fingerprint density at radius 2 is 2.06 bits per heavy atom. The molecule has 0 amide bonds. The Morgan fingerprint density at radius 3 is 2.71 bits per heavy atom. The van der Waals surface area contributed by atoms with E-state index in [1.807, 2.05) is 12.1 Å². The summed E-state index contributed by atoms with van der Waals surface area (Å²) < 4.78 is 5.09. The van der Waals surface area contributed by atoms with Gasteiger partial charge < -0.3 is 4.74 Å². The summed E-state index contributed by atoms with van der Waals surface area (Å²) in [7, 11) is 1.71. The lowest BCUT2D eigenvalue weighted by Crippen LogP contribution is -2.29. The normalized spacial score (nSPS) is 11.1. The molecule has 0 atom stereocenters. The van der Waals surface area contributed by atoms with Crippen molar-refractivity contribution in [3.8, 4) is 0 Å². The van der Waals surface area contributed by atoms with Crippen molar-refractivity contribution in [2.24, 2.45) is 0 Å². The molecule has 1 aromatic rings. The Kier molecular flexibility index (Phi) is 7.47. The minimum atomic E-state index is 0.713. The number of alkyl halides is 1. The predicted molar refractivity (Wildman–Crippen MR) is 77.4 cm³/mol. The molecule has 0 aliphatic carbocycles. The molecule has 0 N–H and O–H groups in total. The van der Waals surface area contributed by atoms with Crippen molar-refractivity contribution in [3.63, 3.8) is 0 Å². The van der Waals surface area contributed by atoms with Gasteiger partial charge in [0, 0.05) is 42.1 Å². The van der Waals surface area contributed by atoms with Crippen molar-refractivity contribution < 1.29 is 4.74 Å². The number of hydrogen-bond donors (Lipinski definition) is 0. The fourth-order valence-corrected chi connectivity index (χ4v) is 2.39. The Labute approximate surface area is 121 Å². The standard InChI is InChI=1S/C12H16BrCl2NO/c1-17-7-6-16(5-4-13)9-10-8-11(14)2-3-12(10)15/h2-3,8H,4-7,9H2,1H3. The minimum Gasteiger partial charge on any atom is -0.383 e. The Bertz CT molecular complexity index is 349. The Balaban J connectivity index is 2.67. The predicted octanol–water partition coefficient (Wildman–Crippen LogP) is 3.84. The maximum absolute atomic E-state index is 6.15. The molecule has 0 fully saturated rings. The van der Waals surface area contributed by atoms with Gasteiger partial charge in [-0.3, -0.25) is 4.90 Å². The lowest BCUT2D eigenvalue weighted by atomic mass is 10.2. The average Bonchev–Trinajstić information content (AvgIpc) is 2.31. The third-order valence-corrected chi connectivity index (χ3v) is 3.37. The number of methoxy groups -OCH3 is 1. The van der Waals surface area contributed by atoms with Gasteiger partial charge in [0.05, 0.1) is 6.61 Å². The second kappa shape index (κ2) is 8.33. The number of rotatable bonds is 7. The van der Waals surface area contributed by atoms with Gasteiger partial charge in [-0.2, -0.15) is 0 Å². The van der Waals surface area contributed by atoms with Gasteiger partial charge in [-0.1, -0.05) is 39.1 Å². The van der Waals surface area contributed by atoms with Gasteiger partial charge in [0.25, 0.3) is 0 Å². The minimum absolute atomic E-state index is 0.713. The first-order valence-corrected chi connectivity index (χ1v) is 7.26. The molecule has 0 unspecified atom stereocenters. The maximum Gasteiger partial charge on any atom is 0.0589 e. The van der Waals surface area contributed by atoms with Crippen LogP contribution >= 0.6 is 39.1 Å². The van der Waals surface area contributed by atoms with E-state index in [9.17, 15) is 0 Å². The maximum atomic E-state index is 6.15. The van der Waals surface area contributed by atoms with Gasteiger partial charge in [0.15, 0.2) is 0 Å². The van der Waals surface area contributed by atoms with Crippen molar-refractivity contribution in [3.05, 3.63) is 33.8 Å². The third kappa shape index (κ3) is 5.58. The molecule has 1 rings (SSSR count). The van der Waals surface area contributed by atoms with E-state index in [-0.39, 0.29) is 0 Å². The van der Waals surface area contributed by atoms with Crippen molar-refractivity contribution in [1.82, 2.24) is 4.90 Å². The first-order chi connectivity index (χ1) is 8.17. The molecule has 17 heavy (non-hydrogen) atoms. The van der Waals surface area contributed by atoms with E-state index in [0.717, 1.165) is 40.6 Å². The van der Waals surface area contributed by atoms with Gasteiger partial charge in [0.2, 0.25) is 0 Å². The highest BCUT2D eigenvalue weighted by molar-refractivity contribution is 9.09. The van der Waals surface area contributed by atoms with Gasteiger partial charge in [-0.15, -0.1) is 0 Å². The topological polar surface area (TPSA) is 12.5 Å². The highest BCUT2D eigenvalue weighted by atomic mass is 79.9. The molecule has 5 heteroatoms. The van der Waals surface area contributed by atoms with Crippen LogP contribution in [0.3, 0.4) is 0 Å². The Morgan fingerprint density at radius 1 is 1.29 bits per heavy atom. The molecule has 96 valence electrons. The molecule has 0 saturated carbocycles. The van der Waals surface area contributed by atoms with Gasteiger partial charge in [-0.05, 0) is 23.8 Å². The smallest absolute Gasteiger partial charge is 0.0589 e. The Hall–Kier alpha value is 0.200. The van der Waals surface area contributed by atoms with Crippen LogP contribution in [0.4, 0.5) is 0 Å². The van der Waals surface area contributed by atoms with Crippen molar-refractivity contribution in [1.29, 1.82) is 0 Å². The number of ether oxygens (including phenoxy) is 1. The molecule has 0 aliphatic heterocycles. The summed E-state index contributed by atoms with van der Waals surface area (Å²) in [6.45, 7) is 3.33. The fourth-order valence-electron chi connectivity index (χ4n) is 1.52. The highest BCUT2D eigenvalue weighted by Crippen LogP contribution is 2.22. The van der Waals surface area contributed by atoms with Crippen LogP contribution in [-0.4, -0.2) is 37.0 Å². The van der Waals surface area contributed by atoms with E-state index >= 15 is 0 Å². The van der Waals surface area contributed by atoms with E-state index in [1.54, 1.807) is 13.2 Å². The van der Waals surface area contributed by atoms with Crippen LogP contribution in [0.1, 0.15) is 5.56 Å². The van der Waals surface area contributed by atoms with Crippen molar-refractivity contribution >= 4 is 39.1 Å². The monoisotopic (exact) mass is 339 g/mol. The van der Waals surface area contributed by atoms with Crippen LogP contribution in [0.25, 0.3) is 0 Å². The van der Waals surface area contributed by atoms with Crippen LogP contribution in [0, 0.1) is 0 Å². The molecule has 0 saturated heterocycles. The van der Waals surface area contributed by atoms with Crippen LogP contribution in [0.5, 0.6) is 0 Å². The largest absolute Gasteiger partial charge is 0.383 e. The second-order valence-corrected chi connectivity index (χ2v) is 5.33. The van der Waals surface area contributed by atoms with E-state index in [0.29, 0.717) is 6.61 Å². The van der Waals surface area contributed by atoms with Crippen LogP contribution < -0.4 is 0 Å². The molecule has 0 spiro atoms. The van der Waals surface area contributed by atoms with Crippen molar-refractivity contribution in [2.75, 3.05) is 32.1 Å². The summed E-state index contributed by atoms with van der Waals surface area (Å²) >= 11 is 15.6. The van der Waals surface area contributed by atoms with Crippen molar-refractivity contribution in [2.45, 2.75) is 6.54 Å². The molecule has 1 aromatic carbocycles. The number of halogens is 3. The summed E-state index contributed by atoms with van der Waals surface area (Å²) in [5.41, 5.74) is 1.05. The summed E-state index contributed by atoms with van der Waals surface area (Å²) in [6, 6.07) is 5.55. The quantitative estimate of drug-likeness (QED) is 0.699. The fraction of sp³-hybridized carbons (Fsp3) is 0.500. The molecule has 2 nitrogen and oxygen atoms in total. The molecule has 0 radical (unpaired) electrons. The SMILES string of the molecule is COCCN(CCBr)Cc1cc(Cl)ccc1Cl. The summed E-state index contributed by atoms with van der Waals surface area (Å²) in [5, 5.41) is 2.40. The molecular formula is C12H16BrCl2NO. The lowest BCUT2D eigenvalue weighted by Gasteiger charge is -2.21. The van der Waals surface area contributed by atoms with E-state index in [2.05, 4.69) is 20.8 Å². The first-order valence-electron chi connectivity index (χ1n) is 5.38. The van der Waals surface area contributed by atoms with E-state index < -0.39 is 0 Å². The second-order valence-electron chi connectivity index (χ2n) is 3.69. The zero-order valence-corrected chi connectivity index (χ0v) is 12.9.